The van der Waals surface area contributed by atoms with Gasteiger partial charge in [-0.05, 0) is 26.3 Å². The Balaban J connectivity index is 1.96. The number of urea groups is 1. The van der Waals surface area contributed by atoms with Crippen molar-refractivity contribution in [2.24, 2.45) is 0 Å². The highest BCUT2D eigenvalue weighted by molar-refractivity contribution is 14.1. The first-order valence-electron chi connectivity index (χ1n) is 9.51. The average molecular weight is 541 g/mol. The normalized spacial score (nSPS) is 24.9. The van der Waals surface area contributed by atoms with Gasteiger partial charge in [0.15, 0.2) is 11.3 Å². The fourth-order valence-corrected chi connectivity index (χ4v) is 5.49. The lowest BCUT2D eigenvalue weighted by Crippen LogP contribution is -2.61. The van der Waals surface area contributed by atoms with Crippen molar-refractivity contribution in [2.75, 3.05) is 36.9 Å². The monoisotopic (exact) mass is 541 g/mol. The molecule has 6 N–H and O–H groups in total. The van der Waals surface area contributed by atoms with Crippen LogP contribution in [0.2, 0.25) is 0 Å². The van der Waals surface area contributed by atoms with Gasteiger partial charge in [0.25, 0.3) is 0 Å². The van der Waals surface area contributed by atoms with Crippen LogP contribution in [0, 0.1) is 0 Å². The van der Waals surface area contributed by atoms with Crippen molar-refractivity contribution < 1.29 is 24.3 Å². The van der Waals surface area contributed by atoms with Gasteiger partial charge in [-0.25, -0.2) is 9.59 Å². The van der Waals surface area contributed by atoms with E-state index in [1.807, 2.05) is 22.6 Å². The molecule has 0 radical (unpaired) electrons. The zero-order valence-corrected chi connectivity index (χ0v) is 19.2. The van der Waals surface area contributed by atoms with Crippen molar-refractivity contribution in [3.05, 3.63) is 0 Å². The van der Waals surface area contributed by atoms with Crippen molar-refractivity contribution in [3.8, 4) is 0 Å². The van der Waals surface area contributed by atoms with Gasteiger partial charge in [0, 0.05) is 24.1 Å². The standard InChI is InChI=1S/C17H28IN5O5S/c1-19-8-12(24)17(15(26)27,21-6-5-20-13(25)7-18)4-2-3-11-14-10(9-29-11)22-16(28)23-14/h10-11,14,19,21H,2-9H2,1H3,(H,20,25)(H,26,27)(H2,22,23,28)/t10-,11-,14-,17?/m0/s1. The van der Waals surface area contributed by atoms with Gasteiger partial charge in [0.2, 0.25) is 5.91 Å². The van der Waals surface area contributed by atoms with Gasteiger partial charge in [-0.15, -0.1) is 0 Å². The van der Waals surface area contributed by atoms with Crippen LogP contribution in [0.5, 0.6) is 0 Å². The fourth-order valence-electron chi connectivity index (χ4n) is 3.68. The number of carbonyl (C=O) groups excluding carboxylic acids is 3. The molecule has 1 unspecified atom stereocenters. The summed E-state index contributed by atoms with van der Waals surface area (Å²) in [5.41, 5.74) is -1.71. The quantitative estimate of drug-likeness (QED) is 0.0577. The number of carboxylic acid groups (broad SMARTS) is 1. The number of aliphatic carboxylic acids is 1. The number of rotatable bonds is 13. The summed E-state index contributed by atoms with van der Waals surface area (Å²) in [4.78, 5) is 47.6. The van der Waals surface area contributed by atoms with E-state index >= 15 is 0 Å². The fraction of sp³-hybridized carbons (Fsp3) is 0.765. The Morgan fingerprint density at radius 2 is 2.07 bits per heavy atom. The lowest BCUT2D eigenvalue weighted by molar-refractivity contribution is -0.150. The van der Waals surface area contributed by atoms with Crippen LogP contribution < -0.4 is 26.6 Å². The number of likely N-dealkylation sites (N-methyl/N-ethyl adjacent to an activating group) is 1. The minimum atomic E-state index is -1.71. The largest absolute Gasteiger partial charge is 0.480 e. The predicted octanol–water partition coefficient (Wildman–Crippen LogP) is -0.925. The van der Waals surface area contributed by atoms with E-state index in [0.29, 0.717) is 17.3 Å². The number of Topliss-reactive ketones (excluding diaryl/α,β-unsaturated/α-hetero) is 1. The number of hydrogen-bond donors (Lipinski definition) is 6. The first-order valence-corrected chi connectivity index (χ1v) is 12.1. The summed E-state index contributed by atoms with van der Waals surface area (Å²) in [6, 6.07) is -0.0203. The van der Waals surface area contributed by atoms with E-state index < -0.39 is 17.3 Å². The molecular formula is C17H28IN5O5S. The number of ketones is 1. The molecular weight excluding hydrogens is 513 g/mol. The molecule has 0 aromatic rings. The molecule has 3 amide bonds. The minimum absolute atomic E-state index is 0.0381. The van der Waals surface area contributed by atoms with E-state index in [2.05, 4.69) is 26.6 Å². The van der Waals surface area contributed by atoms with Crippen LogP contribution in [0.15, 0.2) is 0 Å². The number of nitrogens with one attached hydrogen (secondary N) is 5. The van der Waals surface area contributed by atoms with Crippen LogP contribution >= 0.6 is 34.4 Å². The van der Waals surface area contributed by atoms with Gasteiger partial charge in [-0.3, -0.25) is 14.9 Å². The molecule has 4 atom stereocenters. The Kier molecular flexibility index (Phi) is 9.43. The molecule has 0 aliphatic carbocycles. The van der Waals surface area contributed by atoms with Crippen LogP contribution in [0.4, 0.5) is 4.79 Å². The van der Waals surface area contributed by atoms with Crippen LogP contribution in [0.25, 0.3) is 0 Å². The highest BCUT2D eigenvalue weighted by Gasteiger charge is 2.46. The third kappa shape index (κ3) is 6.18. The summed E-state index contributed by atoms with van der Waals surface area (Å²) in [5.74, 6) is -0.979. The zero-order valence-electron chi connectivity index (χ0n) is 16.3. The summed E-state index contributed by atoms with van der Waals surface area (Å²) < 4.78 is 0.313. The third-order valence-corrected chi connectivity index (χ3v) is 7.35. The third-order valence-electron chi connectivity index (χ3n) is 5.15. The highest BCUT2D eigenvalue weighted by atomic mass is 127. The lowest BCUT2D eigenvalue weighted by atomic mass is 9.86. The van der Waals surface area contributed by atoms with E-state index in [1.165, 1.54) is 0 Å². The molecule has 0 spiro atoms. The first kappa shape index (κ1) is 24.2. The molecule has 0 saturated carbocycles. The Morgan fingerprint density at radius 1 is 1.31 bits per heavy atom. The number of amides is 3. The molecule has 29 heavy (non-hydrogen) atoms. The topological polar surface area (TPSA) is 149 Å². The molecule has 2 aliphatic heterocycles. The summed E-state index contributed by atoms with van der Waals surface area (Å²) in [7, 11) is 1.59. The minimum Gasteiger partial charge on any atom is -0.480 e. The van der Waals surface area contributed by atoms with Crippen LogP contribution in [0.1, 0.15) is 19.3 Å². The number of fused-ring (bicyclic) bond motifs is 1. The van der Waals surface area contributed by atoms with Gasteiger partial charge < -0.3 is 26.4 Å². The maximum absolute atomic E-state index is 12.7. The number of alkyl halides is 1. The second-order valence-electron chi connectivity index (χ2n) is 7.09. The molecule has 2 heterocycles. The van der Waals surface area contributed by atoms with Crippen molar-refractivity contribution >= 4 is 58.0 Å². The highest BCUT2D eigenvalue weighted by Crippen LogP contribution is 2.33. The number of carbonyl (C=O) groups is 4. The maximum atomic E-state index is 12.7. The molecule has 0 aromatic carbocycles. The average Bonchev–Trinajstić information content (AvgIpc) is 3.22. The van der Waals surface area contributed by atoms with Crippen LogP contribution in [-0.2, 0) is 14.4 Å². The maximum Gasteiger partial charge on any atom is 0.331 e. The van der Waals surface area contributed by atoms with E-state index in [1.54, 1.807) is 18.8 Å². The summed E-state index contributed by atoms with van der Waals surface area (Å²) >= 11 is 3.69. The van der Waals surface area contributed by atoms with Gasteiger partial charge >= 0.3 is 12.0 Å². The summed E-state index contributed by atoms with van der Waals surface area (Å²) in [5, 5.41) is 24.1. The molecule has 2 rings (SSSR count). The van der Waals surface area contributed by atoms with Gasteiger partial charge in [0.05, 0.1) is 23.1 Å². The van der Waals surface area contributed by atoms with Gasteiger partial charge in [0.1, 0.15) is 0 Å². The number of thioether (sulfide) groups is 1. The molecule has 2 saturated heterocycles. The first-order chi connectivity index (χ1) is 13.8. The second-order valence-corrected chi connectivity index (χ2v) is 9.12. The van der Waals surface area contributed by atoms with Gasteiger partial charge in [-0.1, -0.05) is 22.6 Å². The Bertz CT molecular complexity index is 639. The Morgan fingerprint density at radius 3 is 2.72 bits per heavy atom. The molecule has 10 nitrogen and oxygen atoms in total. The molecule has 164 valence electrons. The lowest BCUT2D eigenvalue weighted by Gasteiger charge is -2.30. The van der Waals surface area contributed by atoms with Crippen molar-refractivity contribution in [3.63, 3.8) is 0 Å². The smallest absolute Gasteiger partial charge is 0.331 e. The van der Waals surface area contributed by atoms with E-state index in [0.717, 1.165) is 5.75 Å². The van der Waals surface area contributed by atoms with Crippen molar-refractivity contribution in [1.29, 1.82) is 0 Å². The molecule has 0 aromatic heterocycles. The summed E-state index contributed by atoms with van der Waals surface area (Å²) in [6.45, 7) is 0.346. The van der Waals surface area contributed by atoms with Crippen LogP contribution in [-0.4, -0.2) is 88.5 Å². The molecule has 2 aliphatic rings. The van der Waals surface area contributed by atoms with Crippen molar-refractivity contribution in [2.45, 2.75) is 42.1 Å². The number of carboxylic acids is 1. The molecule has 2 fully saturated rings. The van der Waals surface area contributed by atoms with Crippen LogP contribution in [0.3, 0.4) is 0 Å². The van der Waals surface area contributed by atoms with Crippen molar-refractivity contribution in [1.82, 2.24) is 26.6 Å². The second kappa shape index (κ2) is 11.3. The molecule has 12 heteroatoms. The number of halogens is 1. The number of hydrogen-bond acceptors (Lipinski definition) is 7. The van der Waals surface area contributed by atoms with E-state index in [9.17, 15) is 24.3 Å². The predicted molar refractivity (Wildman–Crippen MR) is 119 cm³/mol. The van der Waals surface area contributed by atoms with Gasteiger partial charge in [-0.2, -0.15) is 11.8 Å². The Hall–Kier alpha value is -1.12. The summed E-state index contributed by atoms with van der Waals surface area (Å²) in [6.07, 6.45) is 1.35. The molecule has 0 bridgehead atoms. The van der Waals surface area contributed by atoms with E-state index in [-0.39, 0.29) is 55.3 Å². The Labute approximate surface area is 187 Å². The SMILES string of the molecule is CNCC(=O)C(CCC[C@@H]1SC[C@@H]2NC(=O)N[C@@H]21)(NCCNC(=O)CI)C(=O)O. The van der Waals surface area contributed by atoms with E-state index in [4.69, 9.17) is 0 Å². The zero-order chi connectivity index (χ0) is 21.4.